The molecule has 1 aliphatic carbocycles. The molecule has 0 bridgehead atoms. The number of nitrogens with zero attached hydrogens (tertiary/aromatic N) is 3. The smallest absolute Gasteiger partial charge is 0.475 e. The van der Waals surface area contributed by atoms with Crippen LogP contribution < -0.4 is 5.32 Å². The van der Waals surface area contributed by atoms with Crippen LogP contribution in [0.15, 0.2) is 24.3 Å². The maximum atomic E-state index is 11.7. The molecule has 1 heterocycles. The van der Waals surface area contributed by atoms with E-state index in [1.54, 1.807) is 19.0 Å². The molecular formula is C21H27F3N4O3. The number of urea groups is 1. The Balaban J connectivity index is 0.000000423. The number of alkyl halides is 3. The summed E-state index contributed by atoms with van der Waals surface area (Å²) in [5, 5.41) is 19.1. The number of amides is 2. The van der Waals surface area contributed by atoms with Crippen molar-refractivity contribution in [3.05, 3.63) is 35.4 Å². The highest BCUT2D eigenvalue weighted by atomic mass is 19.4. The molecule has 1 aromatic carbocycles. The van der Waals surface area contributed by atoms with E-state index in [1.165, 1.54) is 18.4 Å². The molecule has 2 aliphatic rings. The van der Waals surface area contributed by atoms with Crippen LogP contribution in [-0.2, 0) is 11.3 Å². The summed E-state index contributed by atoms with van der Waals surface area (Å²) in [6.45, 7) is 3.20. The molecule has 0 atom stereocenters. The highest BCUT2D eigenvalue weighted by molar-refractivity contribution is 5.74. The summed E-state index contributed by atoms with van der Waals surface area (Å²) in [4.78, 5) is 24.7. The summed E-state index contributed by atoms with van der Waals surface area (Å²) < 4.78 is 31.7. The van der Waals surface area contributed by atoms with Crippen LogP contribution in [0.4, 0.5) is 18.0 Å². The first-order chi connectivity index (χ1) is 14.4. The van der Waals surface area contributed by atoms with E-state index >= 15 is 0 Å². The van der Waals surface area contributed by atoms with E-state index in [-0.39, 0.29) is 6.03 Å². The topological polar surface area (TPSA) is 96.7 Å². The third-order valence-electron chi connectivity index (χ3n) is 5.74. The molecule has 1 saturated heterocycles. The normalized spacial score (nSPS) is 18.2. The number of carbonyl (C=O) groups excluding carboxylic acids is 1. The van der Waals surface area contributed by atoms with Gasteiger partial charge in [-0.05, 0) is 61.9 Å². The number of aliphatic carboxylic acids is 1. The van der Waals surface area contributed by atoms with Crippen LogP contribution in [0, 0.1) is 16.7 Å². The number of benzene rings is 1. The second kappa shape index (κ2) is 10.0. The maximum Gasteiger partial charge on any atom is 0.490 e. The van der Waals surface area contributed by atoms with E-state index in [9.17, 15) is 18.0 Å². The van der Waals surface area contributed by atoms with Gasteiger partial charge >= 0.3 is 18.2 Å². The van der Waals surface area contributed by atoms with Crippen molar-refractivity contribution in [3.63, 3.8) is 0 Å². The number of nitriles is 1. The Hall–Kier alpha value is -2.80. The molecule has 2 fully saturated rings. The number of carboxylic acid groups (broad SMARTS) is 1. The number of hydrogen-bond donors (Lipinski definition) is 2. The van der Waals surface area contributed by atoms with E-state index in [0.29, 0.717) is 11.5 Å². The van der Waals surface area contributed by atoms with Crippen molar-refractivity contribution in [2.24, 2.45) is 5.41 Å². The monoisotopic (exact) mass is 440 g/mol. The second-order valence-electron chi connectivity index (χ2n) is 8.34. The Morgan fingerprint density at radius 2 is 1.74 bits per heavy atom. The molecule has 170 valence electrons. The molecule has 3 rings (SSSR count). The number of carbonyl (C=O) groups is 2. The third-order valence-corrected chi connectivity index (χ3v) is 5.74. The quantitative estimate of drug-likeness (QED) is 0.753. The van der Waals surface area contributed by atoms with E-state index in [1.807, 2.05) is 12.1 Å². The van der Waals surface area contributed by atoms with Crippen LogP contribution in [0.2, 0.25) is 0 Å². The van der Waals surface area contributed by atoms with Gasteiger partial charge in [-0.25, -0.2) is 9.59 Å². The Morgan fingerprint density at radius 3 is 2.16 bits per heavy atom. The molecule has 7 nitrogen and oxygen atoms in total. The average Bonchev–Trinajstić information content (AvgIpc) is 2.68. The number of likely N-dealkylation sites (tertiary alicyclic amines) is 1. The molecule has 1 aromatic rings. The van der Waals surface area contributed by atoms with Crippen LogP contribution in [0.3, 0.4) is 0 Å². The van der Waals surface area contributed by atoms with E-state index in [0.717, 1.165) is 38.0 Å². The van der Waals surface area contributed by atoms with Crippen molar-refractivity contribution in [3.8, 4) is 6.07 Å². The van der Waals surface area contributed by atoms with Crippen LogP contribution >= 0.6 is 0 Å². The summed E-state index contributed by atoms with van der Waals surface area (Å²) in [5.74, 6) is -2.76. The van der Waals surface area contributed by atoms with Gasteiger partial charge in [-0.3, -0.25) is 4.90 Å². The number of halogens is 3. The maximum absolute atomic E-state index is 11.7. The van der Waals surface area contributed by atoms with Gasteiger partial charge in [0.15, 0.2) is 0 Å². The van der Waals surface area contributed by atoms with Crippen molar-refractivity contribution in [1.29, 1.82) is 5.26 Å². The lowest BCUT2D eigenvalue weighted by molar-refractivity contribution is -0.192. The zero-order valence-electron chi connectivity index (χ0n) is 17.6. The fraction of sp³-hybridized carbons (Fsp3) is 0.571. The van der Waals surface area contributed by atoms with Gasteiger partial charge < -0.3 is 15.3 Å². The second-order valence-corrected chi connectivity index (χ2v) is 8.34. The SMILES string of the molecule is CN(C)C(=O)NC1CC2(CCN(Cc3ccc(C#N)cc3)CC2)C1.O=C(O)C(F)(F)F. The van der Waals surface area contributed by atoms with E-state index in [2.05, 4.69) is 28.4 Å². The number of nitrogens with one attached hydrogen (secondary N) is 1. The summed E-state index contributed by atoms with van der Waals surface area (Å²) in [7, 11) is 3.57. The summed E-state index contributed by atoms with van der Waals surface area (Å²) in [6, 6.07) is 10.4. The van der Waals surface area contributed by atoms with E-state index < -0.39 is 12.1 Å². The summed E-state index contributed by atoms with van der Waals surface area (Å²) in [6.07, 6.45) is -0.399. The minimum atomic E-state index is -5.08. The molecule has 2 N–H and O–H groups in total. The first-order valence-electron chi connectivity index (χ1n) is 9.93. The van der Waals surface area contributed by atoms with Crippen molar-refractivity contribution in [1.82, 2.24) is 15.1 Å². The van der Waals surface area contributed by atoms with Crippen LogP contribution in [0.5, 0.6) is 0 Å². The molecule has 0 radical (unpaired) electrons. The Morgan fingerprint density at radius 1 is 1.23 bits per heavy atom. The van der Waals surface area contributed by atoms with Crippen LogP contribution in [0.1, 0.15) is 36.8 Å². The minimum Gasteiger partial charge on any atom is -0.475 e. The van der Waals surface area contributed by atoms with Crippen LogP contribution in [0.25, 0.3) is 0 Å². The Kier molecular flexibility index (Phi) is 7.90. The fourth-order valence-corrected chi connectivity index (χ4v) is 3.93. The first kappa shape index (κ1) is 24.5. The van der Waals surface area contributed by atoms with E-state index in [4.69, 9.17) is 15.2 Å². The summed E-state index contributed by atoms with van der Waals surface area (Å²) >= 11 is 0. The Bertz CT molecular complexity index is 803. The van der Waals surface area contributed by atoms with Gasteiger partial charge in [0.05, 0.1) is 11.6 Å². The predicted molar refractivity (Wildman–Crippen MR) is 107 cm³/mol. The highest BCUT2D eigenvalue weighted by Crippen LogP contribution is 2.49. The lowest BCUT2D eigenvalue weighted by Gasteiger charge is -2.52. The minimum absolute atomic E-state index is 0.0214. The number of hydrogen-bond acceptors (Lipinski definition) is 4. The molecule has 0 unspecified atom stereocenters. The largest absolute Gasteiger partial charge is 0.490 e. The van der Waals surface area contributed by atoms with Crippen LogP contribution in [-0.4, -0.2) is 66.3 Å². The molecule has 10 heteroatoms. The first-order valence-corrected chi connectivity index (χ1v) is 9.93. The standard InChI is InChI=1S/C19H26N4O.C2HF3O2/c1-22(2)18(24)21-17-11-19(12-17)7-9-23(10-8-19)14-16-5-3-15(13-20)4-6-16;3-2(4,5)1(6)7/h3-6,17H,7-12,14H2,1-2H3,(H,21,24);(H,6,7). The van der Waals surface area contributed by atoms with Crippen molar-refractivity contribution in [2.75, 3.05) is 27.2 Å². The average molecular weight is 440 g/mol. The highest BCUT2D eigenvalue weighted by Gasteiger charge is 2.46. The van der Waals surface area contributed by atoms with Gasteiger partial charge in [0.25, 0.3) is 0 Å². The zero-order valence-corrected chi connectivity index (χ0v) is 17.6. The molecule has 2 amide bonds. The molecule has 31 heavy (non-hydrogen) atoms. The van der Waals surface area contributed by atoms with Crippen molar-refractivity contribution in [2.45, 2.75) is 44.4 Å². The molecule has 0 aromatic heterocycles. The van der Waals surface area contributed by atoms with Gasteiger partial charge in [0.2, 0.25) is 0 Å². The van der Waals surface area contributed by atoms with Gasteiger partial charge in [0, 0.05) is 26.7 Å². The number of piperidine rings is 1. The third kappa shape index (κ3) is 7.14. The molecule has 1 aliphatic heterocycles. The predicted octanol–water partition coefficient (Wildman–Crippen LogP) is 3.21. The van der Waals surface area contributed by atoms with Gasteiger partial charge in [-0.15, -0.1) is 0 Å². The fourth-order valence-electron chi connectivity index (χ4n) is 3.93. The molecule has 1 spiro atoms. The zero-order chi connectivity index (χ0) is 23.2. The summed E-state index contributed by atoms with van der Waals surface area (Å²) in [5.41, 5.74) is 2.44. The number of rotatable bonds is 3. The van der Waals surface area contributed by atoms with Crippen molar-refractivity contribution < 1.29 is 27.9 Å². The molecule has 1 saturated carbocycles. The number of carboxylic acids is 1. The Labute approximate surface area is 179 Å². The molecular weight excluding hydrogens is 413 g/mol. The van der Waals surface area contributed by atoms with Crippen molar-refractivity contribution >= 4 is 12.0 Å². The lowest BCUT2D eigenvalue weighted by Crippen LogP contribution is -2.56. The lowest BCUT2D eigenvalue weighted by atomic mass is 9.60. The van der Waals surface area contributed by atoms with Gasteiger partial charge in [-0.1, -0.05) is 12.1 Å². The van der Waals surface area contributed by atoms with Gasteiger partial charge in [-0.2, -0.15) is 18.4 Å². The van der Waals surface area contributed by atoms with Gasteiger partial charge in [0.1, 0.15) is 0 Å².